The van der Waals surface area contributed by atoms with Crippen LogP contribution in [0.15, 0.2) is 48.5 Å². The standard InChI is InChI=1S/C18H22FNO2/c1-12(15-5-4-6-17(11-15)22-3)20-13(2)18(21)14-7-9-16(19)10-8-14/h4-13,18,20-21H,1-3H3. The van der Waals surface area contributed by atoms with Crippen LogP contribution in [0.3, 0.4) is 0 Å². The molecular formula is C18H22FNO2. The van der Waals surface area contributed by atoms with Crippen LogP contribution in [0.4, 0.5) is 4.39 Å². The number of benzene rings is 2. The maximum atomic E-state index is 12.9. The van der Waals surface area contributed by atoms with Crippen LogP contribution < -0.4 is 10.1 Å². The summed E-state index contributed by atoms with van der Waals surface area (Å²) in [7, 11) is 1.64. The molecule has 4 heteroatoms. The summed E-state index contributed by atoms with van der Waals surface area (Å²) >= 11 is 0. The zero-order valence-corrected chi connectivity index (χ0v) is 13.1. The van der Waals surface area contributed by atoms with Gasteiger partial charge in [-0.1, -0.05) is 24.3 Å². The van der Waals surface area contributed by atoms with E-state index in [1.54, 1.807) is 19.2 Å². The van der Waals surface area contributed by atoms with Gasteiger partial charge in [0, 0.05) is 12.1 Å². The van der Waals surface area contributed by atoms with Gasteiger partial charge in [0.25, 0.3) is 0 Å². The highest BCUT2D eigenvalue weighted by atomic mass is 19.1. The molecule has 0 heterocycles. The summed E-state index contributed by atoms with van der Waals surface area (Å²) in [5.74, 6) is 0.499. The molecule has 3 unspecified atom stereocenters. The van der Waals surface area contributed by atoms with Crippen LogP contribution >= 0.6 is 0 Å². The predicted octanol–water partition coefficient (Wildman–Crippen LogP) is 3.61. The molecule has 0 amide bonds. The highest BCUT2D eigenvalue weighted by Crippen LogP contribution is 2.22. The van der Waals surface area contributed by atoms with E-state index in [1.165, 1.54) is 12.1 Å². The summed E-state index contributed by atoms with van der Waals surface area (Å²) in [4.78, 5) is 0. The van der Waals surface area contributed by atoms with Gasteiger partial charge in [-0.25, -0.2) is 4.39 Å². The molecule has 2 N–H and O–H groups in total. The fourth-order valence-electron chi connectivity index (χ4n) is 2.44. The van der Waals surface area contributed by atoms with Crippen molar-refractivity contribution in [1.82, 2.24) is 5.32 Å². The lowest BCUT2D eigenvalue weighted by atomic mass is 10.0. The molecule has 0 spiro atoms. The molecule has 118 valence electrons. The predicted molar refractivity (Wildman–Crippen MR) is 85.4 cm³/mol. The third-order valence-corrected chi connectivity index (χ3v) is 3.79. The first-order chi connectivity index (χ1) is 10.5. The smallest absolute Gasteiger partial charge is 0.123 e. The van der Waals surface area contributed by atoms with Crippen molar-refractivity contribution in [3.8, 4) is 5.75 Å². The Labute approximate surface area is 130 Å². The number of hydrogen-bond donors (Lipinski definition) is 2. The summed E-state index contributed by atoms with van der Waals surface area (Å²) in [5.41, 5.74) is 1.77. The highest BCUT2D eigenvalue weighted by molar-refractivity contribution is 5.30. The largest absolute Gasteiger partial charge is 0.497 e. The van der Waals surface area contributed by atoms with Gasteiger partial charge >= 0.3 is 0 Å². The van der Waals surface area contributed by atoms with Crippen molar-refractivity contribution >= 4 is 0 Å². The molecule has 3 nitrogen and oxygen atoms in total. The van der Waals surface area contributed by atoms with Gasteiger partial charge in [0.15, 0.2) is 0 Å². The second-order valence-electron chi connectivity index (χ2n) is 5.45. The summed E-state index contributed by atoms with van der Waals surface area (Å²) in [6.45, 7) is 3.94. The Kier molecular flexibility index (Phi) is 5.52. The molecule has 0 aliphatic carbocycles. The quantitative estimate of drug-likeness (QED) is 0.856. The number of rotatable bonds is 6. The van der Waals surface area contributed by atoms with E-state index in [1.807, 2.05) is 38.1 Å². The van der Waals surface area contributed by atoms with Crippen LogP contribution in [0.2, 0.25) is 0 Å². The number of halogens is 1. The maximum absolute atomic E-state index is 12.9. The minimum absolute atomic E-state index is 0.0557. The van der Waals surface area contributed by atoms with Crippen molar-refractivity contribution in [3.05, 3.63) is 65.5 Å². The lowest BCUT2D eigenvalue weighted by Gasteiger charge is -2.25. The first-order valence-electron chi connectivity index (χ1n) is 7.35. The SMILES string of the molecule is COc1cccc(C(C)NC(C)C(O)c2ccc(F)cc2)c1. The Morgan fingerprint density at radius 1 is 1.05 bits per heavy atom. The summed E-state index contributed by atoms with van der Waals surface area (Å²) < 4.78 is 18.2. The van der Waals surface area contributed by atoms with Gasteiger partial charge in [-0.2, -0.15) is 0 Å². The van der Waals surface area contributed by atoms with Crippen LogP contribution in [-0.4, -0.2) is 18.3 Å². The average Bonchev–Trinajstić information content (AvgIpc) is 2.54. The van der Waals surface area contributed by atoms with E-state index in [4.69, 9.17) is 4.74 Å². The first-order valence-corrected chi connectivity index (χ1v) is 7.35. The molecule has 3 atom stereocenters. The Bertz CT molecular complexity index is 600. The minimum atomic E-state index is -0.700. The lowest BCUT2D eigenvalue weighted by molar-refractivity contribution is 0.130. The van der Waals surface area contributed by atoms with E-state index in [2.05, 4.69) is 5.32 Å². The van der Waals surface area contributed by atoms with E-state index < -0.39 is 6.10 Å². The fraction of sp³-hybridized carbons (Fsp3) is 0.333. The maximum Gasteiger partial charge on any atom is 0.123 e. The van der Waals surface area contributed by atoms with Gasteiger partial charge in [-0.15, -0.1) is 0 Å². The van der Waals surface area contributed by atoms with Gasteiger partial charge in [0.1, 0.15) is 11.6 Å². The molecule has 2 aromatic rings. The van der Waals surface area contributed by atoms with Crippen molar-refractivity contribution in [2.75, 3.05) is 7.11 Å². The Hall–Kier alpha value is -1.91. The van der Waals surface area contributed by atoms with E-state index in [9.17, 15) is 9.50 Å². The molecule has 2 aromatic carbocycles. The molecule has 0 saturated carbocycles. The Morgan fingerprint density at radius 3 is 2.36 bits per heavy atom. The molecule has 0 fully saturated rings. The van der Waals surface area contributed by atoms with Crippen molar-refractivity contribution in [2.45, 2.75) is 32.0 Å². The van der Waals surface area contributed by atoms with E-state index in [-0.39, 0.29) is 17.9 Å². The molecule has 0 aliphatic heterocycles. The van der Waals surface area contributed by atoms with Crippen LogP contribution in [0.1, 0.15) is 37.1 Å². The van der Waals surface area contributed by atoms with Gasteiger partial charge < -0.3 is 15.2 Å². The molecule has 0 saturated heterocycles. The number of nitrogens with one attached hydrogen (secondary N) is 1. The summed E-state index contributed by atoms with van der Waals surface area (Å²) in [6.07, 6.45) is -0.700. The summed E-state index contributed by atoms with van der Waals surface area (Å²) in [5, 5.41) is 13.7. The first kappa shape index (κ1) is 16.5. The number of aliphatic hydroxyl groups excluding tert-OH is 1. The highest BCUT2D eigenvalue weighted by Gasteiger charge is 2.19. The molecule has 0 aromatic heterocycles. The second-order valence-corrected chi connectivity index (χ2v) is 5.45. The number of methoxy groups -OCH3 is 1. The van der Waals surface area contributed by atoms with Crippen molar-refractivity contribution in [1.29, 1.82) is 0 Å². The third kappa shape index (κ3) is 4.06. The fourth-order valence-corrected chi connectivity index (χ4v) is 2.44. The van der Waals surface area contributed by atoms with Gasteiger partial charge in [0.2, 0.25) is 0 Å². The van der Waals surface area contributed by atoms with Gasteiger partial charge in [0.05, 0.1) is 13.2 Å². The van der Waals surface area contributed by atoms with Crippen LogP contribution in [0.5, 0.6) is 5.75 Å². The average molecular weight is 303 g/mol. The minimum Gasteiger partial charge on any atom is -0.497 e. The lowest BCUT2D eigenvalue weighted by Crippen LogP contribution is -2.34. The number of aliphatic hydroxyl groups is 1. The topological polar surface area (TPSA) is 41.5 Å². The van der Waals surface area contributed by atoms with E-state index in [0.717, 1.165) is 11.3 Å². The number of ether oxygens (including phenoxy) is 1. The summed E-state index contributed by atoms with van der Waals surface area (Å²) in [6, 6.07) is 13.6. The molecule has 0 aliphatic rings. The van der Waals surface area contributed by atoms with Gasteiger partial charge in [-0.05, 0) is 49.2 Å². The van der Waals surface area contributed by atoms with Crippen molar-refractivity contribution in [3.63, 3.8) is 0 Å². The normalized spacial score (nSPS) is 15.1. The molecule has 0 radical (unpaired) electrons. The van der Waals surface area contributed by atoms with E-state index in [0.29, 0.717) is 5.56 Å². The monoisotopic (exact) mass is 303 g/mol. The molecular weight excluding hydrogens is 281 g/mol. The van der Waals surface area contributed by atoms with Crippen LogP contribution in [-0.2, 0) is 0 Å². The van der Waals surface area contributed by atoms with Crippen LogP contribution in [0.25, 0.3) is 0 Å². The molecule has 0 bridgehead atoms. The molecule has 22 heavy (non-hydrogen) atoms. The van der Waals surface area contributed by atoms with Gasteiger partial charge in [-0.3, -0.25) is 0 Å². The second kappa shape index (κ2) is 7.38. The van der Waals surface area contributed by atoms with Crippen molar-refractivity contribution < 1.29 is 14.2 Å². The zero-order valence-electron chi connectivity index (χ0n) is 13.1. The Balaban J connectivity index is 2.03. The Morgan fingerprint density at radius 2 is 1.73 bits per heavy atom. The molecule has 2 rings (SSSR count). The number of hydrogen-bond acceptors (Lipinski definition) is 3. The van der Waals surface area contributed by atoms with E-state index >= 15 is 0 Å². The zero-order chi connectivity index (χ0) is 16.1. The van der Waals surface area contributed by atoms with Crippen LogP contribution in [0, 0.1) is 5.82 Å². The van der Waals surface area contributed by atoms with Crippen molar-refractivity contribution in [2.24, 2.45) is 0 Å². The third-order valence-electron chi connectivity index (χ3n) is 3.79.